The second-order valence-electron chi connectivity index (χ2n) is 3.14. The summed E-state index contributed by atoms with van der Waals surface area (Å²) >= 11 is 3.29. The van der Waals surface area contributed by atoms with Crippen LogP contribution in [0.15, 0.2) is 10.7 Å². The molecule has 0 bridgehead atoms. The van der Waals surface area contributed by atoms with Crippen molar-refractivity contribution in [1.29, 1.82) is 0 Å². The molecule has 7 heteroatoms. The van der Waals surface area contributed by atoms with Gasteiger partial charge in [-0.25, -0.2) is 4.98 Å². The molecule has 6 nitrogen and oxygen atoms in total. The number of hydrogen-bond donors (Lipinski definition) is 4. The molecule has 1 aromatic rings. The summed E-state index contributed by atoms with van der Waals surface area (Å²) in [5, 5.41) is 23.8. The maximum Gasteiger partial charge on any atom is 0.224 e. The van der Waals surface area contributed by atoms with Gasteiger partial charge >= 0.3 is 0 Å². The zero-order valence-corrected chi connectivity index (χ0v) is 10.5. The van der Waals surface area contributed by atoms with Gasteiger partial charge in [-0.05, 0) is 22.9 Å². The van der Waals surface area contributed by atoms with Crippen molar-refractivity contribution < 1.29 is 10.2 Å². The second-order valence-corrected chi connectivity index (χ2v) is 3.99. The Labute approximate surface area is 102 Å². The van der Waals surface area contributed by atoms with Crippen LogP contribution >= 0.6 is 15.9 Å². The Balaban J connectivity index is 2.66. The number of nitrogens with one attached hydrogen (secondary N) is 2. The lowest BCUT2D eigenvalue weighted by Crippen LogP contribution is -2.23. The van der Waals surface area contributed by atoms with Crippen LogP contribution in [-0.2, 0) is 0 Å². The molecule has 1 aromatic heterocycles. The van der Waals surface area contributed by atoms with Crippen LogP contribution in [0.25, 0.3) is 0 Å². The molecule has 0 spiro atoms. The fraction of sp³-hybridized carbons (Fsp3) is 0.556. The van der Waals surface area contributed by atoms with Crippen molar-refractivity contribution in [1.82, 2.24) is 9.97 Å². The molecule has 0 saturated heterocycles. The summed E-state index contributed by atoms with van der Waals surface area (Å²) in [6.45, 7) is 2.64. The van der Waals surface area contributed by atoms with Gasteiger partial charge in [-0.2, -0.15) is 4.98 Å². The molecular formula is C9H15BrN4O2. The van der Waals surface area contributed by atoms with Crippen LogP contribution in [0.1, 0.15) is 6.92 Å². The van der Waals surface area contributed by atoms with E-state index in [-0.39, 0.29) is 13.2 Å². The number of aliphatic hydroxyl groups excluding tert-OH is 2. The molecular weight excluding hydrogens is 276 g/mol. The van der Waals surface area contributed by atoms with Crippen LogP contribution in [0.2, 0.25) is 0 Å². The van der Waals surface area contributed by atoms with Gasteiger partial charge in [0.2, 0.25) is 5.95 Å². The van der Waals surface area contributed by atoms with E-state index >= 15 is 0 Å². The van der Waals surface area contributed by atoms with Crippen LogP contribution < -0.4 is 10.6 Å². The Morgan fingerprint density at radius 1 is 1.50 bits per heavy atom. The third-order valence-corrected chi connectivity index (χ3v) is 2.38. The van der Waals surface area contributed by atoms with Crippen LogP contribution in [0.3, 0.4) is 0 Å². The van der Waals surface area contributed by atoms with Gasteiger partial charge in [0, 0.05) is 19.3 Å². The first-order valence-electron chi connectivity index (χ1n) is 4.96. The molecule has 1 heterocycles. The first kappa shape index (κ1) is 13.1. The third-order valence-electron chi connectivity index (χ3n) is 1.79. The molecule has 0 radical (unpaired) electrons. The maximum atomic E-state index is 9.20. The van der Waals surface area contributed by atoms with Gasteiger partial charge in [0.1, 0.15) is 5.82 Å². The van der Waals surface area contributed by atoms with Gasteiger partial charge in [0.05, 0.1) is 17.2 Å². The molecule has 0 amide bonds. The lowest BCUT2D eigenvalue weighted by atomic mass is 10.4. The predicted molar refractivity (Wildman–Crippen MR) is 65.5 cm³/mol. The van der Waals surface area contributed by atoms with Gasteiger partial charge < -0.3 is 20.8 Å². The number of hydrogen-bond acceptors (Lipinski definition) is 6. The lowest BCUT2D eigenvalue weighted by Gasteiger charge is -2.11. The minimum atomic E-state index is -0.801. The summed E-state index contributed by atoms with van der Waals surface area (Å²) in [4.78, 5) is 8.25. The predicted octanol–water partition coefficient (Wildman–Crippen LogP) is 0.436. The smallest absolute Gasteiger partial charge is 0.224 e. The fourth-order valence-electron chi connectivity index (χ4n) is 1.01. The van der Waals surface area contributed by atoms with E-state index in [0.29, 0.717) is 16.2 Å². The zero-order chi connectivity index (χ0) is 12.0. The first-order valence-corrected chi connectivity index (χ1v) is 5.75. The number of nitrogens with zero attached hydrogens (tertiary/aromatic N) is 2. The van der Waals surface area contributed by atoms with Crippen LogP contribution in [0.5, 0.6) is 0 Å². The van der Waals surface area contributed by atoms with Crippen molar-refractivity contribution in [2.45, 2.75) is 13.0 Å². The molecule has 1 unspecified atom stereocenters. The van der Waals surface area contributed by atoms with Crippen LogP contribution in [-0.4, -0.2) is 46.0 Å². The summed E-state index contributed by atoms with van der Waals surface area (Å²) in [5.41, 5.74) is 0. The van der Waals surface area contributed by atoms with E-state index in [1.165, 1.54) is 0 Å². The quantitative estimate of drug-likeness (QED) is 0.608. The molecule has 0 saturated carbocycles. The molecule has 1 rings (SSSR count). The molecule has 90 valence electrons. The summed E-state index contributed by atoms with van der Waals surface area (Å²) in [7, 11) is 0. The van der Waals surface area contributed by atoms with Gasteiger partial charge in [-0.1, -0.05) is 0 Å². The molecule has 4 N–H and O–H groups in total. The number of aliphatic hydroxyl groups is 2. The molecule has 0 aromatic carbocycles. The van der Waals surface area contributed by atoms with E-state index in [1.54, 1.807) is 6.20 Å². The van der Waals surface area contributed by atoms with E-state index in [2.05, 4.69) is 36.5 Å². The highest BCUT2D eigenvalue weighted by Gasteiger charge is 2.06. The first-order chi connectivity index (χ1) is 7.67. The minimum absolute atomic E-state index is 0.234. The Bertz CT molecular complexity index is 337. The van der Waals surface area contributed by atoms with Gasteiger partial charge in [0.25, 0.3) is 0 Å². The van der Waals surface area contributed by atoms with E-state index in [9.17, 15) is 5.11 Å². The summed E-state index contributed by atoms with van der Waals surface area (Å²) in [6, 6.07) is 0. The molecule has 16 heavy (non-hydrogen) atoms. The highest BCUT2D eigenvalue weighted by Crippen LogP contribution is 2.19. The average molecular weight is 291 g/mol. The van der Waals surface area contributed by atoms with Crippen LogP contribution in [0.4, 0.5) is 11.8 Å². The molecule has 0 aliphatic rings. The second kappa shape index (κ2) is 6.62. The fourth-order valence-corrected chi connectivity index (χ4v) is 1.34. The van der Waals surface area contributed by atoms with Gasteiger partial charge in [0.15, 0.2) is 0 Å². The Hall–Kier alpha value is -0.920. The number of halogens is 1. The Morgan fingerprint density at radius 2 is 2.25 bits per heavy atom. The van der Waals surface area contributed by atoms with E-state index in [0.717, 1.165) is 6.54 Å². The van der Waals surface area contributed by atoms with Crippen molar-refractivity contribution in [3.63, 3.8) is 0 Å². The minimum Gasteiger partial charge on any atom is -0.394 e. The summed E-state index contributed by atoms with van der Waals surface area (Å²) in [5.74, 6) is 1.10. The lowest BCUT2D eigenvalue weighted by molar-refractivity contribution is 0.105. The standard InChI is InChI=1S/C9H15BrN4O2/c1-2-11-9-13-4-7(10)8(14-9)12-3-6(16)5-15/h4,6,15-16H,2-3,5H2,1H3,(H2,11,12,13,14). The average Bonchev–Trinajstić information content (AvgIpc) is 2.29. The highest BCUT2D eigenvalue weighted by atomic mass is 79.9. The number of anilines is 2. The van der Waals surface area contributed by atoms with Crippen molar-refractivity contribution in [2.75, 3.05) is 30.3 Å². The Morgan fingerprint density at radius 3 is 2.88 bits per heavy atom. The van der Waals surface area contributed by atoms with Gasteiger partial charge in [-0.3, -0.25) is 0 Å². The normalized spacial score (nSPS) is 12.2. The van der Waals surface area contributed by atoms with Crippen molar-refractivity contribution in [3.05, 3.63) is 10.7 Å². The molecule has 0 aliphatic heterocycles. The van der Waals surface area contributed by atoms with Crippen LogP contribution in [0, 0.1) is 0 Å². The van der Waals surface area contributed by atoms with Crippen molar-refractivity contribution >= 4 is 27.7 Å². The highest BCUT2D eigenvalue weighted by molar-refractivity contribution is 9.10. The zero-order valence-electron chi connectivity index (χ0n) is 8.94. The maximum absolute atomic E-state index is 9.20. The van der Waals surface area contributed by atoms with E-state index < -0.39 is 6.10 Å². The van der Waals surface area contributed by atoms with Gasteiger partial charge in [-0.15, -0.1) is 0 Å². The topological polar surface area (TPSA) is 90.3 Å². The van der Waals surface area contributed by atoms with Crippen molar-refractivity contribution in [3.8, 4) is 0 Å². The third kappa shape index (κ3) is 3.92. The molecule has 0 aliphatic carbocycles. The largest absolute Gasteiger partial charge is 0.394 e. The summed E-state index contributed by atoms with van der Waals surface area (Å²) < 4.78 is 0.708. The number of aromatic nitrogens is 2. The van der Waals surface area contributed by atoms with E-state index in [1.807, 2.05) is 6.92 Å². The SMILES string of the molecule is CCNc1ncc(Br)c(NCC(O)CO)n1. The molecule has 0 fully saturated rings. The van der Waals surface area contributed by atoms with E-state index in [4.69, 9.17) is 5.11 Å². The Kier molecular flexibility index (Phi) is 5.44. The monoisotopic (exact) mass is 290 g/mol. The van der Waals surface area contributed by atoms with Crippen molar-refractivity contribution in [2.24, 2.45) is 0 Å². The molecule has 1 atom stereocenters. The number of rotatable bonds is 6. The summed E-state index contributed by atoms with van der Waals surface area (Å²) in [6.07, 6.45) is 0.822.